The standard InChI is InChI=1S/C20H38O7P2/c1-17(2)9-6-10-18(3)11-7-12-19(4)13-8-14-20(5)15-16-26-29(24,25)27-28(21,22)23/h9,13,15,18H,6-8,10-12,14,16H2,1-5H3,(H,24,25)(H2,21,22,23)/b19-13+,20-15+/t18-/m0/s1. The molecule has 0 aliphatic heterocycles. The van der Waals surface area contributed by atoms with Crippen LogP contribution in [0.15, 0.2) is 34.9 Å². The van der Waals surface area contributed by atoms with E-state index < -0.39 is 15.6 Å². The Labute approximate surface area is 175 Å². The summed E-state index contributed by atoms with van der Waals surface area (Å²) in [6.07, 6.45) is 13.6. The van der Waals surface area contributed by atoms with Gasteiger partial charge in [0.25, 0.3) is 0 Å². The lowest BCUT2D eigenvalue weighted by Crippen LogP contribution is -1.95. The van der Waals surface area contributed by atoms with Gasteiger partial charge in [-0.3, -0.25) is 4.52 Å². The zero-order valence-corrected chi connectivity index (χ0v) is 20.1. The highest BCUT2D eigenvalue weighted by Crippen LogP contribution is 2.57. The monoisotopic (exact) mass is 452 g/mol. The van der Waals surface area contributed by atoms with Crippen LogP contribution in [-0.2, 0) is 18.0 Å². The van der Waals surface area contributed by atoms with Crippen LogP contribution in [0.4, 0.5) is 0 Å². The molecule has 0 fully saturated rings. The molecule has 0 amide bonds. The molecule has 2 atom stereocenters. The summed E-state index contributed by atoms with van der Waals surface area (Å²) in [5.74, 6) is 0.737. The molecule has 29 heavy (non-hydrogen) atoms. The smallest absolute Gasteiger partial charge is 0.302 e. The fourth-order valence-electron chi connectivity index (χ4n) is 2.71. The van der Waals surface area contributed by atoms with E-state index in [2.05, 4.69) is 48.7 Å². The van der Waals surface area contributed by atoms with Crippen LogP contribution in [0.25, 0.3) is 0 Å². The van der Waals surface area contributed by atoms with Gasteiger partial charge in [-0.1, -0.05) is 48.3 Å². The summed E-state index contributed by atoms with van der Waals surface area (Å²) in [5, 5.41) is 0. The minimum absolute atomic E-state index is 0.257. The fraction of sp³-hybridized carbons (Fsp3) is 0.700. The first-order valence-electron chi connectivity index (χ1n) is 9.99. The summed E-state index contributed by atoms with van der Waals surface area (Å²) in [6.45, 7) is 10.3. The Kier molecular flexibility index (Phi) is 14.2. The van der Waals surface area contributed by atoms with E-state index in [1.165, 1.54) is 30.4 Å². The maximum atomic E-state index is 11.3. The van der Waals surface area contributed by atoms with E-state index in [1.54, 1.807) is 6.08 Å². The zero-order valence-electron chi connectivity index (χ0n) is 18.3. The first kappa shape index (κ1) is 28.5. The number of hydrogen-bond donors (Lipinski definition) is 3. The predicted octanol–water partition coefficient (Wildman–Crippen LogP) is 6.44. The van der Waals surface area contributed by atoms with Crippen LogP contribution in [0.3, 0.4) is 0 Å². The Balaban J connectivity index is 4.08. The second-order valence-electron chi connectivity index (χ2n) is 7.83. The van der Waals surface area contributed by atoms with E-state index in [0.717, 1.165) is 37.2 Å². The maximum absolute atomic E-state index is 11.3. The summed E-state index contributed by atoms with van der Waals surface area (Å²) >= 11 is 0. The molecule has 0 bridgehead atoms. The van der Waals surface area contributed by atoms with E-state index in [0.29, 0.717) is 0 Å². The Bertz CT molecular complexity index is 658. The summed E-state index contributed by atoms with van der Waals surface area (Å²) in [4.78, 5) is 26.2. The molecule has 0 aromatic heterocycles. The molecule has 0 saturated carbocycles. The molecule has 0 aliphatic rings. The molecule has 0 heterocycles. The fourth-order valence-corrected chi connectivity index (χ4v) is 4.24. The summed E-state index contributed by atoms with van der Waals surface area (Å²) in [5.41, 5.74) is 3.70. The van der Waals surface area contributed by atoms with Crippen molar-refractivity contribution in [1.29, 1.82) is 0 Å². The molecule has 0 aromatic rings. The summed E-state index contributed by atoms with van der Waals surface area (Å²) in [7, 11) is -9.84. The molecule has 7 nitrogen and oxygen atoms in total. The average Bonchev–Trinajstić information content (AvgIpc) is 2.51. The first-order chi connectivity index (χ1) is 13.3. The number of rotatable bonds is 15. The van der Waals surface area contributed by atoms with Crippen LogP contribution in [-0.4, -0.2) is 21.3 Å². The second-order valence-corrected chi connectivity index (χ2v) is 10.7. The Morgan fingerprint density at radius 2 is 1.52 bits per heavy atom. The molecule has 0 aliphatic carbocycles. The Morgan fingerprint density at radius 3 is 2.10 bits per heavy atom. The van der Waals surface area contributed by atoms with Gasteiger partial charge in [-0.15, -0.1) is 0 Å². The number of allylic oxidation sites excluding steroid dienone is 5. The normalized spacial score (nSPS) is 16.4. The molecule has 170 valence electrons. The predicted molar refractivity (Wildman–Crippen MR) is 117 cm³/mol. The molecule has 3 N–H and O–H groups in total. The van der Waals surface area contributed by atoms with Crippen LogP contribution in [0.2, 0.25) is 0 Å². The zero-order chi connectivity index (χ0) is 22.5. The van der Waals surface area contributed by atoms with E-state index in [1.807, 2.05) is 6.92 Å². The van der Waals surface area contributed by atoms with Gasteiger partial charge in [0.05, 0.1) is 6.61 Å². The van der Waals surface area contributed by atoms with Gasteiger partial charge in [0.15, 0.2) is 0 Å². The quantitative estimate of drug-likeness (QED) is 0.194. The number of hydrogen-bond acceptors (Lipinski definition) is 4. The van der Waals surface area contributed by atoms with E-state index >= 15 is 0 Å². The van der Waals surface area contributed by atoms with Crippen molar-refractivity contribution in [3.05, 3.63) is 34.9 Å². The van der Waals surface area contributed by atoms with Crippen molar-refractivity contribution in [3.63, 3.8) is 0 Å². The van der Waals surface area contributed by atoms with Crippen molar-refractivity contribution in [2.24, 2.45) is 5.92 Å². The van der Waals surface area contributed by atoms with Crippen LogP contribution in [0.1, 0.15) is 79.6 Å². The first-order valence-corrected chi connectivity index (χ1v) is 13.0. The molecule has 1 unspecified atom stereocenters. The van der Waals surface area contributed by atoms with Crippen molar-refractivity contribution in [2.45, 2.75) is 79.6 Å². The molecule has 0 radical (unpaired) electrons. The molecular formula is C20H38O7P2. The van der Waals surface area contributed by atoms with Gasteiger partial charge < -0.3 is 14.7 Å². The highest BCUT2D eigenvalue weighted by atomic mass is 31.3. The van der Waals surface area contributed by atoms with Gasteiger partial charge in [0, 0.05) is 0 Å². The molecule has 0 spiro atoms. The highest BCUT2D eigenvalue weighted by Gasteiger charge is 2.31. The molecule has 9 heteroatoms. The van der Waals surface area contributed by atoms with Gasteiger partial charge in [0.2, 0.25) is 0 Å². The Morgan fingerprint density at radius 1 is 0.897 bits per heavy atom. The lowest BCUT2D eigenvalue weighted by molar-refractivity contribution is 0.191. The van der Waals surface area contributed by atoms with Crippen LogP contribution >= 0.6 is 15.6 Å². The molecule has 0 rings (SSSR count). The van der Waals surface area contributed by atoms with Crippen LogP contribution in [0.5, 0.6) is 0 Å². The van der Waals surface area contributed by atoms with Gasteiger partial charge in [-0.05, 0) is 72.1 Å². The minimum atomic E-state index is -5.07. The summed E-state index contributed by atoms with van der Waals surface area (Å²) in [6, 6.07) is 0. The summed E-state index contributed by atoms with van der Waals surface area (Å²) < 4.78 is 30.1. The average molecular weight is 452 g/mol. The maximum Gasteiger partial charge on any atom is 0.481 e. The van der Waals surface area contributed by atoms with Crippen molar-refractivity contribution in [3.8, 4) is 0 Å². The van der Waals surface area contributed by atoms with Crippen LogP contribution in [0, 0.1) is 5.92 Å². The van der Waals surface area contributed by atoms with Crippen molar-refractivity contribution in [1.82, 2.24) is 0 Å². The van der Waals surface area contributed by atoms with Gasteiger partial charge in [-0.25, -0.2) is 9.13 Å². The highest BCUT2D eigenvalue weighted by molar-refractivity contribution is 7.60. The largest absolute Gasteiger partial charge is 0.481 e. The third kappa shape index (κ3) is 19.2. The topological polar surface area (TPSA) is 113 Å². The minimum Gasteiger partial charge on any atom is -0.302 e. The third-order valence-corrected chi connectivity index (χ3v) is 6.54. The molecular weight excluding hydrogens is 414 g/mol. The van der Waals surface area contributed by atoms with Crippen molar-refractivity contribution < 1.29 is 32.6 Å². The lowest BCUT2D eigenvalue weighted by Gasteiger charge is -2.11. The van der Waals surface area contributed by atoms with E-state index in [9.17, 15) is 14.0 Å². The third-order valence-electron chi connectivity index (χ3n) is 4.39. The number of phosphoric acid groups is 2. The Hall–Kier alpha value is -0.520. The second kappa shape index (κ2) is 14.5. The van der Waals surface area contributed by atoms with E-state index in [-0.39, 0.29) is 6.61 Å². The van der Waals surface area contributed by atoms with Gasteiger partial charge in [-0.2, -0.15) is 4.31 Å². The lowest BCUT2D eigenvalue weighted by atomic mass is 9.96. The van der Waals surface area contributed by atoms with Gasteiger partial charge >= 0.3 is 15.6 Å². The van der Waals surface area contributed by atoms with Gasteiger partial charge in [0.1, 0.15) is 0 Å². The SMILES string of the molecule is CC(C)=CCC[C@H](C)CCC/C(C)=C/CC/C(C)=C/COP(=O)(O)OP(=O)(O)O. The van der Waals surface area contributed by atoms with Crippen molar-refractivity contribution >= 4 is 15.6 Å². The molecule has 0 saturated heterocycles. The van der Waals surface area contributed by atoms with E-state index in [4.69, 9.17) is 9.79 Å². The number of phosphoric ester groups is 1. The van der Waals surface area contributed by atoms with Crippen molar-refractivity contribution in [2.75, 3.05) is 6.61 Å². The van der Waals surface area contributed by atoms with Crippen LogP contribution < -0.4 is 0 Å². The molecule has 0 aromatic carbocycles.